The molecule has 0 amide bonds. The van der Waals surface area contributed by atoms with E-state index in [0.29, 0.717) is 5.82 Å². The highest BCUT2D eigenvalue weighted by Gasteiger charge is 2.16. The minimum atomic E-state index is -0.258. The van der Waals surface area contributed by atoms with Gasteiger partial charge in [-0.3, -0.25) is 0 Å². The van der Waals surface area contributed by atoms with Crippen molar-refractivity contribution in [2.75, 3.05) is 0 Å². The van der Waals surface area contributed by atoms with Gasteiger partial charge in [0.2, 0.25) is 0 Å². The van der Waals surface area contributed by atoms with E-state index in [1.54, 1.807) is 12.1 Å². The molecule has 0 atom stereocenters. The van der Waals surface area contributed by atoms with Crippen molar-refractivity contribution in [2.24, 2.45) is 0 Å². The zero-order valence-corrected chi connectivity index (χ0v) is 16.2. The van der Waals surface area contributed by atoms with Crippen molar-refractivity contribution in [3.05, 3.63) is 115 Å². The maximum atomic E-state index is 13.3. The first-order valence-corrected chi connectivity index (χ1v) is 9.85. The number of rotatable bonds is 4. The third kappa shape index (κ3) is 3.42. The highest BCUT2D eigenvalue weighted by Crippen LogP contribution is 2.39. The number of hydrogen-bond acceptors (Lipinski definition) is 1. The molecule has 0 aliphatic carbocycles. The summed E-state index contributed by atoms with van der Waals surface area (Å²) in [6, 6.07) is 33.4. The summed E-state index contributed by atoms with van der Waals surface area (Å²) < 4.78 is 13.3. The van der Waals surface area contributed by atoms with Crippen LogP contribution in [0.3, 0.4) is 0 Å². The Balaban J connectivity index is 1.71. The molecule has 2 nitrogen and oxygen atoms in total. The summed E-state index contributed by atoms with van der Waals surface area (Å²) in [5, 5.41) is 0. The van der Waals surface area contributed by atoms with E-state index < -0.39 is 0 Å². The van der Waals surface area contributed by atoms with Crippen LogP contribution in [-0.2, 0) is 0 Å². The predicted octanol–water partition coefficient (Wildman–Crippen LogP) is 7.22. The monoisotopic (exact) mass is 390 g/mol. The van der Waals surface area contributed by atoms with Crippen molar-refractivity contribution in [2.45, 2.75) is 0 Å². The van der Waals surface area contributed by atoms with Crippen LogP contribution >= 0.6 is 0 Å². The lowest BCUT2D eigenvalue weighted by atomic mass is 9.90. The average Bonchev–Trinajstić information content (AvgIpc) is 3.30. The highest BCUT2D eigenvalue weighted by atomic mass is 19.1. The SMILES string of the molecule is Fc1ccc(-c2ncc(-c3c(-c4ccccc4)cccc3-c3ccccc3)[nH]2)cc1. The van der Waals surface area contributed by atoms with Gasteiger partial charge >= 0.3 is 0 Å². The van der Waals surface area contributed by atoms with Crippen LogP contribution in [0.2, 0.25) is 0 Å². The number of hydrogen-bond donors (Lipinski definition) is 1. The fourth-order valence-electron chi connectivity index (χ4n) is 3.76. The minimum absolute atomic E-state index is 0.258. The third-order valence-corrected chi connectivity index (χ3v) is 5.20. The molecular weight excluding hydrogens is 371 g/mol. The predicted molar refractivity (Wildman–Crippen MR) is 120 cm³/mol. The lowest BCUT2D eigenvalue weighted by Gasteiger charge is -2.14. The van der Waals surface area contributed by atoms with E-state index in [1.807, 2.05) is 42.6 Å². The van der Waals surface area contributed by atoms with E-state index in [1.165, 1.54) is 12.1 Å². The Hall–Kier alpha value is -3.98. The van der Waals surface area contributed by atoms with E-state index in [4.69, 9.17) is 0 Å². The molecule has 4 aromatic carbocycles. The smallest absolute Gasteiger partial charge is 0.137 e. The Morgan fingerprint density at radius 3 is 1.70 bits per heavy atom. The van der Waals surface area contributed by atoms with E-state index in [0.717, 1.165) is 39.1 Å². The van der Waals surface area contributed by atoms with Crippen molar-refractivity contribution in [1.29, 1.82) is 0 Å². The van der Waals surface area contributed by atoms with Crippen LogP contribution in [0.15, 0.2) is 109 Å². The number of nitrogens with zero attached hydrogens (tertiary/aromatic N) is 1. The first kappa shape index (κ1) is 18.1. The second-order valence-electron chi connectivity index (χ2n) is 7.11. The van der Waals surface area contributed by atoms with E-state index in [-0.39, 0.29) is 5.82 Å². The summed E-state index contributed by atoms with van der Waals surface area (Å²) in [5.74, 6) is 0.457. The largest absolute Gasteiger partial charge is 0.338 e. The minimum Gasteiger partial charge on any atom is -0.338 e. The van der Waals surface area contributed by atoms with Gasteiger partial charge in [-0.15, -0.1) is 0 Å². The summed E-state index contributed by atoms with van der Waals surface area (Å²) in [7, 11) is 0. The summed E-state index contributed by atoms with van der Waals surface area (Å²) in [4.78, 5) is 8.04. The molecule has 0 radical (unpaired) electrons. The average molecular weight is 390 g/mol. The number of imidazole rings is 1. The van der Waals surface area contributed by atoms with E-state index in [2.05, 4.69) is 52.4 Å². The van der Waals surface area contributed by atoms with Gasteiger partial charge in [0.05, 0.1) is 11.9 Å². The number of aromatic amines is 1. The van der Waals surface area contributed by atoms with Gasteiger partial charge in [0.25, 0.3) is 0 Å². The van der Waals surface area contributed by atoms with Gasteiger partial charge < -0.3 is 4.98 Å². The van der Waals surface area contributed by atoms with Gasteiger partial charge in [0.1, 0.15) is 11.6 Å². The lowest BCUT2D eigenvalue weighted by molar-refractivity contribution is 0.628. The molecule has 0 spiro atoms. The fraction of sp³-hybridized carbons (Fsp3) is 0. The molecular formula is C27H19FN2. The van der Waals surface area contributed by atoms with E-state index >= 15 is 0 Å². The summed E-state index contributed by atoms with van der Waals surface area (Å²) in [6.07, 6.45) is 1.85. The molecule has 3 heteroatoms. The molecule has 0 fully saturated rings. The fourth-order valence-corrected chi connectivity index (χ4v) is 3.76. The van der Waals surface area contributed by atoms with Gasteiger partial charge in [-0.2, -0.15) is 0 Å². The molecule has 0 saturated carbocycles. The Morgan fingerprint density at radius 2 is 1.13 bits per heavy atom. The Morgan fingerprint density at radius 1 is 0.567 bits per heavy atom. The standard InChI is InChI=1S/C27H19FN2/c28-22-16-14-21(15-17-22)27-29-18-25(30-27)26-23(19-8-3-1-4-9-19)12-7-13-24(26)20-10-5-2-6-11-20/h1-18H,(H,29,30). The second kappa shape index (κ2) is 7.80. The molecule has 0 aliphatic heterocycles. The van der Waals surface area contributed by atoms with Crippen LogP contribution in [0.5, 0.6) is 0 Å². The number of nitrogens with one attached hydrogen (secondary N) is 1. The number of benzene rings is 4. The van der Waals surface area contributed by atoms with Crippen molar-refractivity contribution in [3.63, 3.8) is 0 Å². The van der Waals surface area contributed by atoms with Crippen molar-refractivity contribution < 1.29 is 4.39 Å². The van der Waals surface area contributed by atoms with Crippen LogP contribution in [0.25, 0.3) is 44.9 Å². The lowest BCUT2D eigenvalue weighted by Crippen LogP contribution is -1.91. The molecule has 5 rings (SSSR count). The van der Waals surface area contributed by atoms with Crippen molar-refractivity contribution in [3.8, 4) is 44.9 Å². The molecule has 30 heavy (non-hydrogen) atoms. The van der Waals surface area contributed by atoms with Crippen LogP contribution in [0.1, 0.15) is 0 Å². The summed E-state index contributed by atoms with van der Waals surface area (Å²) in [6.45, 7) is 0. The van der Waals surface area contributed by atoms with Crippen molar-refractivity contribution >= 4 is 0 Å². The quantitative estimate of drug-likeness (QED) is 0.345. The summed E-state index contributed by atoms with van der Waals surface area (Å²) >= 11 is 0. The Kier molecular flexibility index (Phi) is 4.70. The highest BCUT2D eigenvalue weighted by molar-refractivity contribution is 5.93. The van der Waals surface area contributed by atoms with Crippen LogP contribution in [0, 0.1) is 5.82 Å². The second-order valence-corrected chi connectivity index (χ2v) is 7.11. The van der Waals surface area contributed by atoms with E-state index in [9.17, 15) is 4.39 Å². The first-order chi connectivity index (χ1) is 14.8. The number of halogens is 1. The molecule has 0 aliphatic rings. The van der Waals surface area contributed by atoms with Gasteiger partial charge in [-0.05, 0) is 46.5 Å². The Labute approximate surface area is 174 Å². The van der Waals surface area contributed by atoms with Crippen LogP contribution in [-0.4, -0.2) is 9.97 Å². The van der Waals surface area contributed by atoms with Crippen LogP contribution < -0.4 is 0 Å². The van der Waals surface area contributed by atoms with Gasteiger partial charge in [0, 0.05) is 11.1 Å². The van der Waals surface area contributed by atoms with Gasteiger partial charge in [0.15, 0.2) is 0 Å². The molecule has 0 unspecified atom stereocenters. The third-order valence-electron chi connectivity index (χ3n) is 5.20. The zero-order chi connectivity index (χ0) is 20.3. The number of H-pyrrole nitrogens is 1. The van der Waals surface area contributed by atoms with Crippen molar-refractivity contribution in [1.82, 2.24) is 9.97 Å². The van der Waals surface area contributed by atoms with Gasteiger partial charge in [-0.1, -0.05) is 78.9 Å². The zero-order valence-electron chi connectivity index (χ0n) is 16.2. The molecule has 5 aromatic rings. The van der Waals surface area contributed by atoms with Crippen LogP contribution in [0.4, 0.5) is 4.39 Å². The molecule has 0 saturated heterocycles. The Bertz CT molecular complexity index is 1220. The summed E-state index contributed by atoms with van der Waals surface area (Å²) in [5.41, 5.74) is 7.41. The molecule has 0 bridgehead atoms. The molecule has 1 aromatic heterocycles. The molecule has 1 heterocycles. The topological polar surface area (TPSA) is 28.7 Å². The van der Waals surface area contributed by atoms with Gasteiger partial charge in [-0.25, -0.2) is 9.37 Å². The normalized spacial score (nSPS) is 10.8. The maximum absolute atomic E-state index is 13.3. The first-order valence-electron chi connectivity index (χ1n) is 9.85. The molecule has 1 N–H and O–H groups in total. The maximum Gasteiger partial charge on any atom is 0.137 e. The number of aromatic nitrogens is 2. The molecule has 144 valence electrons.